The number of carbonyl (C=O) groups is 2. The summed E-state index contributed by atoms with van der Waals surface area (Å²) in [6, 6.07) is 7.63. The minimum atomic E-state index is -0.349. The van der Waals surface area contributed by atoms with Crippen LogP contribution in [0.1, 0.15) is 56.4 Å². The van der Waals surface area contributed by atoms with Gasteiger partial charge in [0.15, 0.2) is 5.78 Å². The number of aromatic nitrogens is 1. The number of thiophene rings is 1. The third-order valence-electron chi connectivity index (χ3n) is 5.64. The molecule has 0 aromatic carbocycles. The molecule has 2 N–H and O–H groups in total. The number of ketones is 1. The quantitative estimate of drug-likeness (QED) is 0.571. The summed E-state index contributed by atoms with van der Waals surface area (Å²) in [6.45, 7) is 6.21. The van der Waals surface area contributed by atoms with Crippen LogP contribution in [0.4, 0.5) is 5.82 Å². The lowest BCUT2D eigenvalue weighted by atomic mass is 9.75. The molecular formula is C24H27N3O2S2. The summed E-state index contributed by atoms with van der Waals surface area (Å²) in [4.78, 5) is 32.1. The maximum Gasteiger partial charge on any atom is 0.255 e. The second-order valence-electron chi connectivity index (χ2n) is 7.68. The van der Waals surface area contributed by atoms with Gasteiger partial charge in [-0.2, -0.15) is 0 Å². The van der Waals surface area contributed by atoms with E-state index in [9.17, 15) is 9.59 Å². The third-order valence-corrected chi connectivity index (χ3v) is 8.12. The van der Waals surface area contributed by atoms with Crippen LogP contribution < -0.4 is 10.6 Å². The molecule has 2 aromatic heterocycles. The molecule has 0 saturated heterocycles. The first-order valence-electron chi connectivity index (χ1n) is 10.7. The molecule has 1 amide bonds. The van der Waals surface area contributed by atoms with Crippen LogP contribution in [0.15, 0.2) is 57.2 Å². The highest BCUT2D eigenvalue weighted by Crippen LogP contribution is 2.47. The number of anilines is 1. The van der Waals surface area contributed by atoms with E-state index in [0.29, 0.717) is 17.8 Å². The molecule has 2 aliphatic rings. The molecule has 31 heavy (non-hydrogen) atoms. The number of aryl methyl sites for hydroxylation is 1. The summed E-state index contributed by atoms with van der Waals surface area (Å²) in [5.41, 5.74) is 4.25. The lowest BCUT2D eigenvalue weighted by Gasteiger charge is -2.34. The molecular weight excluding hydrogens is 426 g/mol. The van der Waals surface area contributed by atoms with Gasteiger partial charge in [-0.15, -0.1) is 23.1 Å². The minimum Gasteiger partial charge on any atom is -0.362 e. The number of nitrogens with one attached hydrogen (secondary N) is 2. The van der Waals surface area contributed by atoms with E-state index in [4.69, 9.17) is 0 Å². The van der Waals surface area contributed by atoms with E-state index < -0.39 is 0 Å². The lowest BCUT2D eigenvalue weighted by molar-refractivity contribution is -0.116. The monoisotopic (exact) mass is 453 g/mol. The molecule has 5 nitrogen and oxygen atoms in total. The van der Waals surface area contributed by atoms with E-state index in [-0.39, 0.29) is 17.6 Å². The molecule has 4 rings (SSSR count). The molecule has 2 aromatic rings. The highest BCUT2D eigenvalue weighted by molar-refractivity contribution is 8.01. The van der Waals surface area contributed by atoms with E-state index in [1.54, 1.807) is 35.4 Å². The number of carbonyl (C=O) groups excluding carboxylic acids is 2. The first-order chi connectivity index (χ1) is 15.0. The molecule has 162 valence electrons. The van der Waals surface area contributed by atoms with Crippen LogP contribution in [0.2, 0.25) is 0 Å². The summed E-state index contributed by atoms with van der Waals surface area (Å²) in [5.74, 6) is 1.03. The van der Waals surface area contributed by atoms with Crippen molar-refractivity contribution >= 4 is 40.6 Å². The van der Waals surface area contributed by atoms with Crippen LogP contribution in [-0.2, 0) is 16.0 Å². The van der Waals surface area contributed by atoms with Gasteiger partial charge in [-0.05, 0) is 55.7 Å². The van der Waals surface area contributed by atoms with Crippen LogP contribution in [0, 0.1) is 0 Å². The van der Waals surface area contributed by atoms with Gasteiger partial charge in [-0.3, -0.25) is 9.59 Å². The van der Waals surface area contributed by atoms with Gasteiger partial charge in [0, 0.05) is 46.0 Å². The largest absolute Gasteiger partial charge is 0.362 e. The number of hydrogen-bond donors (Lipinski definition) is 2. The number of amides is 1. The topological polar surface area (TPSA) is 71.1 Å². The Morgan fingerprint density at radius 3 is 2.87 bits per heavy atom. The molecule has 0 radical (unpaired) electrons. The predicted molar refractivity (Wildman–Crippen MR) is 127 cm³/mol. The van der Waals surface area contributed by atoms with Crippen LogP contribution in [0.5, 0.6) is 0 Å². The second kappa shape index (κ2) is 9.40. The van der Waals surface area contributed by atoms with Crippen molar-refractivity contribution in [2.75, 3.05) is 11.1 Å². The Hall–Kier alpha value is -2.38. The normalized spacial score (nSPS) is 18.7. The average Bonchev–Trinajstić information content (AvgIpc) is 3.16. The molecule has 1 aliphatic carbocycles. The smallest absolute Gasteiger partial charge is 0.255 e. The fraction of sp³-hybridized carbons (Fsp3) is 0.375. The predicted octanol–water partition coefficient (Wildman–Crippen LogP) is 5.42. The Balaban J connectivity index is 1.84. The number of nitrogens with zero attached hydrogens (tertiary/aromatic N) is 1. The second-order valence-corrected chi connectivity index (χ2v) is 10.3. The number of thioether (sulfide) groups is 1. The third kappa shape index (κ3) is 4.34. The van der Waals surface area contributed by atoms with E-state index >= 15 is 0 Å². The molecule has 1 atom stereocenters. The lowest BCUT2D eigenvalue weighted by Crippen LogP contribution is -2.35. The van der Waals surface area contributed by atoms with Crippen molar-refractivity contribution < 1.29 is 9.59 Å². The first-order valence-corrected chi connectivity index (χ1v) is 12.6. The van der Waals surface area contributed by atoms with Crippen molar-refractivity contribution in [3.8, 4) is 0 Å². The van der Waals surface area contributed by atoms with Crippen LogP contribution in [0.25, 0.3) is 0 Å². The van der Waals surface area contributed by atoms with Crippen molar-refractivity contribution in [3.63, 3.8) is 0 Å². The van der Waals surface area contributed by atoms with E-state index in [0.717, 1.165) is 47.5 Å². The van der Waals surface area contributed by atoms with Crippen LogP contribution >= 0.6 is 23.1 Å². The SMILES string of the molecule is CCSc1sc(CC)cc1[C@H]1C(C(=O)Nc2ccccn2)=C(C)NC2=C1C(=O)CCC2. The van der Waals surface area contributed by atoms with Crippen molar-refractivity contribution in [3.05, 3.63) is 63.4 Å². The summed E-state index contributed by atoms with van der Waals surface area (Å²) < 4.78 is 1.20. The van der Waals surface area contributed by atoms with Crippen molar-refractivity contribution in [2.24, 2.45) is 0 Å². The van der Waals surface area contributed by atoms with Crippen molar-refractivity contribution in [2.45, 2.75) is 56.6 Å². The number of pyridine rings is 1. The Labute approximate surface area is 191 Å². The highest BCUT2D eigenvalue weighted by atomic mass is 32.2. The maximum atomic E-state index is 13.5. The highest BCUT2D eigenvalue weighted by Gasteiger charge is 2.40. The van der Waals surface area contributed by atoms with Gasteiger partial charge in [0.25, 0.3) is 5.91 Å². The fourth-order valence-electron chi connectivity index (χ4n) is 4.27. The summed E-state index contributed by atoms with van der Waals surface area (Å²) in [5, 5.41) is 6.33. The number of rotatable bonds is 6. The van der Waals surface area contributed by atoms with Gasteiger partial charge in [0.2, 0.25) is 0 Å². The first kappa shape index (κ1) is 21.8. The van der Waals surface area contributed by atoms with E-state index in [1.165, 1.54) is 9.09 Å². The molecule has 0 spiro atoms. The zero-order valence-electron chi connectivity index (χ0n) is 18.1. The molecule has 1 aliphatic heterocycles. The van der Waals surface area contributed by atoms with Gasteiger partial charge in [-0.1, -0.05) is 19.9 Å². The Morgan fingerprint density at radius 2 is 2.16 bits per heavy atom. The Bertz CT molecular complexity index is 1070. The van der Waals surface area contributed by atoms with Gasteiger partial charge >= 0.3 is 0 Å². The van der Waals surface area contributed by atoms with Crippen LogP contribution in [0.3, 0.4) is 0 Å². The van der Waals surface area contributed by atoms with Gasteiger partial charge < -0.3 is 10.6 Å². The molecule has 3 heterocycles. The molecule has 7 heteroatoms. The number of allylic oxidation sites excluding steroid dienone is 3. The van der Waals surface area contributed by atoms with Gasteiger partial charge in [-0.25, -0.2) is 4.98 Å². The molecule has 0 fully saturated rings. The van der Waals surface area contributed by atoms with Gasteiger partial charge in [0.1, 0.15) is 5.82 Å². The Morgan fingerprint density at radius 1 is 1.32 bits per heavy atom. The standard InChI is InChI=1S/C24H27N3O2S2/c1-4-15-13-16(24(31-15)30-5-2)21-20(23(29)27-19-11-6-7-12-25-19)14(3)26-17-9-8-10-18(28)22(17)21/h6-7,11-13,21,26H,4-5,8-10H2,1-3H3,(H,25,27,29)/t21-/m0/s1. The zero-order valence-corrected chi connectivity index (χ0v) is 19.7. The van der Waals surface area contributed by atoms with Crippen molar-refractivity contribution in [1.82, 2.24) is 10.3 Å². The fourth-order valence-corrected chi connectivity index (χ4v) is 6.65. The van der Waals surface area contributed by atoms with Crippen LogP contribution in [-0.4, -0.2) is 22.4 Å². The average molecular weight is 454 g/mol. The van der Waals surface area contributed by atoms with Gasteiger partial charge in [0.05, 0.1) is 4.21 Å². The number of dihydropyridines is 1. The maximum absolute atomic E-state index is 13.5. The minimum absolute atomic E-state index is 0.145. The van der Waals surface area contributed by atoms with E-state index in [2.05, 4.69) is 35.5 Å². The molecule has 0 unspecified atom stereocenters. The molecule has 0 saturated carbocycles. The summed E-state index contributed by atoms with van der Waals surface area (Å²) in [7, 11) is 0. The van der Waals surface area contributed by atoms with Crippen molar-refractivity contribution in [1.29, 1.82) is 0 Å². The Kier molecular flexibility index (Phi) is 6.62. The summed E-state index contributed by atoms with van der Waals surface area (Å²) in [6.07, 6.45) is 4.81. The number of hydrogen-bond acceptors (Lipinski definition) is 6. The zero-order chi connectivity index (χ0) is 22.0. The number of Topliss-reactive ketones (excluding diaryl/α,β-unsaturated/α-hetero) is 1. The van der Waals surface area contributed by atoms with E-state index in [1.807, 2.05) is 19.1 Å². The summed E-state index contributed by atoms with van der Waals surface area (Å²) >= 11 is 3.57. The molecule has 0 bridgehead atoms.